The Morgan fingerprint density at radius 3 is 2.58 bits per heavy atom. The molecule has 0 unspecified atom stereocenters. The number of carbonyl (C=O) groups is 1. The molecule has 0 saturated heterocycles. The quantitative estimate of drug-likeness (QED) is 0.748. The number of hydrogen-bond acceptors (Lipinski definition) is 2. The third-order valence-corrected chi connectivity index (χ3v) is 2.38. The molecule has 0 spiro atoms. The molecule has 66 valence electrons. The van der Waals surface area contributed by atoms with Crippen LogP contribution in [0.1, 0.15) is 28.4 Å². The number of thiophene rings is 1. The monoisotopic (exact) mass is 183 g/mol. The van der Waals surface area contributed by atoms with Gasteiger partial charge in [-0.1, -0.05) is 0 Å². The lowest BCUT2D eigenvalue weighted by Crippen LogP contribution is -2.29. The first-order chi connectivity index (χ1) is 5.59. The van der Waals surface area contributed by atoms with E-state index in [0.717, 1.165) is 4.88 Å². The maximum Gasteiger partial charge on any atom is 0.261 e. The van der Waals surface area contributed by atoms with Crippen molar-refractivity contribution in [1.82, 2.24) is 5.32 Å². The van der Waals surface area contributed by atoms with Crippen molar-refractivity contribution in [2.45, 2.75) is 26.8 Å². The Morgan fingerprint density at radius 2 is 2.17 bits per heavy atom. The molecular weight excluding hydrogens is 170 g/mol. The number of aryl methyl sites for hydroxylation is 1. The van der Waals surface area contributed by atoms with Gasteiger partial charge in [-0.25, -0.2) is 0 Å². The van der Waals surface area contributed by atoms with Crippen LogP contribution in [-0.2, 0) is 0 Å². The van der Waals surface area contributed by atoms with Crippen LogP contribution in [0.4, 0.5) is 0 Å². The highest BCUT2D eigenvalue weighted by Crippen LogP contribution is 2.14. The van der Waals surface area contributed by atoms with Gasteiger partial charge in [0.15, 0.2) is 0 Å². The summed E-state index contributed by atoms with van der Waals surface area (Å²) in [7, 11) is 0. The van der Waals surface area contributed by atoms with Crippen LogP contribution in [0.3, 0.4) is 0 Å². The molecular formula is C9H13NOS. The van der Waals surface area contributed by atoms with Gasteiger partial charge in [-0.3, -0.25) is 4.79 Å². The van der Waals surface area contributed by atoms with E-state index < -0.39 is 0 Å². The summed E-state index contributed by atoms with van der Waals surface area (Å²) in [5.41, 5.74) is 0. The van der Waals surface area contributed by atoms with Crippen molar-refractivity contribution in [2.24, 2.45) is 0 Å². The maximum atomic E-state index is 11.4. The zero-order valence-corrected chi connectivity index (χ0v) is 8.37. The lowest BCUT2D eigenvalue weighted by Gasteiger charge is -2.05. The molecule has 0 aliphatic heterocycles. The molecule has 1 aromatic rings. The lowest BCUT2D eigenvalue weighted by atomic mass is 10.3. The molecule has 2 nitrogen and oxygen atoms in total. The van der Waals surface area contributed by atoms with E-state index in [-0.39, 0.29) is 11.9 Å². The van der Waals surface area contributed by atoms with Crippen LogP contribution in [0.5, 0.6) is 0 Å². The second-order valence-electron chi connectivity index (χ2n) is 3.04. The van der Waals surface area contributed by atoms with Crippen LogP contribution in [0, 0.1) is 6.92 Å². The molecule has 0 bridgehead atoms. The van der Waals surface area contributed by atoms with Crippen molar-refractivity contribution in [2.75, 3.05) is 0 Å². The molecule has 0 fully saturated rings. The average molecular weight is 183 g/mol. The summed E-state index contributed by atoms with van der Waals surface area (Å²) in [6.45, 7) is 5.91. The molecule has 0 aromatic carbocycles. The van der Waals surface area contributed by atoms with Crippen LogP contribution in [0.25, 0.3) is 0 Å². The number of rotatable bonds is 2. The smallest absolute Gasteiger partial charge is 0.261 e. The average Bonchev–Trinajstić information content (AvgIpc) is 2.34. The number of amides is 1. The Kier molecular flexibility index (Phi) is 2.87. The fourth-order valence-corrected chi connectivity index (χ4v) is 1.66. The Labute approximate surface area is 76.6 Å². The second-order valence-corrected chi connectivity index (χ2v) is 4.33. The number of carbonyl (C=O) groups excluding carboxylic acids is 1. The Hall–Kier alpha value is -0.830. The van der Waals surface area contributed by atoms with Gasteiger partial charge in [0.2, 0.25) is 0 Å². The van der Waals surface area contributed by atoms with Gasteiger partial charge in [-0.15, -0.1) is 11.3 Å². The van der Waals surface area contributed by atoms with Crippen molar-refractivity contribution in [3.63, 3.8) is 0 Å². The van der Waals surface area contributed by atoms with Crippen LogP contribution >= 0.6 is 11.3 Å². The van der Waals surface area contributed by atoms with E-state index in [4.69, 9.17) is 0 Å². The second kappa shape index (κ2) is 3.72. The summed E-state index contributed by atoms with van der Waals surface area (Å²) in [6.07, 6.45) is 0. The van der Waals surface area contributed by atoms with E-state index in [1.165, 1.54) is 16.2 Å². The maximum absolute atomic E-state index is 11.4. The molecule has 0 atom stereocenters. The van der Waals surface area contributed by atoms with Gasteiger partial charge in [0, 0.05) is 10.9 Å². The van der Waals surface area contributed by atoms with Gasteiger partial charge in [0.1, 0.15) is 0 Å². The van der Waals surface area contributed by atoms with Crippen LogP contribution in [-0.4, -0.2) is 11.9 Å². The molecule has 12 heavy (non-hydrogen) atoms. The highest BCUT2D eigenvalue weighted by molar-refractivity contribution is 7.13. The third-order valence-electron chi connectivity index (χ3n) is 1.38. The van der Waals surface area contributed by atoms with E-state index in [9.17, 15) is 4.79 Å². The lowest BCUT2D eigenvalue weighted by molar-refractivity contribution is 0.0947. The minimum Gasteiger partial charge on any atom is -0.349 e. The minimum absolute atomic E-state index is 0.0306. The summed E-state index contributed by atoms with van der Waals surface area (Å²) in [5, 5.41) is 2.84. The highest BCUT2D eigenvalue weighted by Gasteiger charge is 2.07. The van der Waals surface area contributed by atoms with E-state index in [1.807, 2.05) is 32.9 Å². The van der Waals surface area contributed by atoms with Gasteiger partial charge in [0.25, 0.3) is 5.91 Å². The molecule has 1 aromatic heterocycles. The molecule has 0 aliphatic rings. The standard InChI is InChI=1S/C9H13NOS/c1-6(2)10-9(11)8-5-4-7(3)12-8/h4-6H,1-3H3,(H,10,11). The number of hydrogen-bond donors (Lipinski definition) is 1. The van der Waals surface area contributed by atoms with Gasteiger partial charge < -0.3 is 5.32 Å². The van der Waals surface area contributed by atoms with Gasteiger partial charge in [-0.2, -0.15) is 0 Å². The molecule has 1 heterocycles. The van der Waals surface area contributed by atoms with Crippen LogP contribution < -0.4 is 5.32 Å². The van der Waals surface area contributed by atoms with Crippen molar-refractivity contribution in [3.8, 4) is 0 Å². The minimum atomic E-state index is 0.0306. The van der Waals surface area contributed by atoms with E-state index >= 15 is 0 Å². The molecule has 1 N–H and O–H groups in total. The summed E-state index contributed by atoms with van der Waals surface area (Å²) >= 11 is 1.53. The molecule has 3 heteroatoms. The zero-order valence-electron chi connectivity index (χ0n) is 7.55. The topological polar surface area (TPSA) is 29.1 Å². The third kappa shape index (κ3) is 2.34. The van der Waals surface area contributed by atoms with E-state index in [2.05, 4.69) is 5.32 Å². The Balaban J connectivity index is 2.65. The molecule has 0 aliphatic carbocycles. The first kappa shape index (κ1) is 9.26. The number of nitrogens with one attached hydrogen (secondary N) is 1. The van der Waals surface area contributed by atoms with Gasteiger partial charge in [-0.05, 0) is 32.9 Å². The van der Waals surface area contributed by atoms with Crippen LogP contribution in [0.15, 0.2) is 12.1 Å². The molecule has 1 amide bonds. The largest absolute Gasteiger partial charge is 0.349 e. The fourth-order valence-electron chi connectivity index (χ4n) is 0.890. The van der Waals surface area contributed by atoms with Gasteiger partial charge in [0.05, 0.1) is 4.88 Å². The Bertz CT molecular complexity index is 278. The zero-order chi connectivity index (χ0) is 9.14. The molecule has 1 rings (SSSR count). The molecule has 0 radical (unpaired) electrons. The summed E-state index contributed by atoms with van der Waals surface area (Å²) in [4.78, 5) is 13.3. The summed E-state index contributed by atoms with van der Waals surface area (Å²) in [6, 6.07) is 4.03. The fraction of sp³-hybridized carbons (Fsp3) is 0.444. The predicted molar refractivity (Wildman–Crippen MR) is 51.7 cm³/mol. The van der Waals surface area contributed by atoms with E-state index in [0.29, 0.717) is 0 Å². The Morgan fingerprint density at radius 1 is 1.50 bits per heavy atom. The van der Waals surface area contributed by atoms with Gasteiger partial charge >= 0.3 is 0 Å². The predicted octanol–water partition coefficient (Wildman–Crippen LogP) is 2.19. The van der Waals surface area contributed by atoms with E-state index in [1.54, 1.807) is 0 Å². The van der Waals surface area contributed by atoms with Crippen molar-refractivity contribution >= 4 is 17.2 Å². The summed E-state index contributed by atoms with van der Waals surface area (Å²) < 4.78 is 0. The SMILES string of the molecule is Cc1ccc(C(=O)NC(C)C)s1. The summed E-state index contributed by atoms with van der Waals surface area (Å²) in [5.74, 6) is 0.0306. The first-order valence-electron chi connectivity index (χ1n) is 3.97. The van der Waals surface area contributed by atoms with Crippen LogP contribution in [0.2, 0.25) is 0 Å². The van der Waals surface area contributed by atoms with Crippen molar-refractivity contribution in [3.05, 3.63) is 21.9 Å². The highest BCUT2D eigenvalue weighted by atomic mass is 32.1. The van der Waals surface area contributed by atoms with Crippen molar-refractivity contribution in [1.29, 1.82) is 0 Å². The van der Waals surface area contributed by atoms with Crippen molar-refractivity contribution < 1.29 is 4.79 Å². The normalized spacial score (nSPS) is 10.3. The molecule has 0 saturated carbocycles. The first-order valence-corrected chi connectivity index (χ1v) is 4.78.